The minimum Gasteiger partial charge on any atom is -0.350 e. The van der Waals surface area contributed by atoms with E-state index < -0.39 is 15.8 Å². The van der Waals surface area contributed by atoms with Crippen LogP contribution in [0.3, 0.4) is 0 Å². The Balaban J connectivity index is 1.72. The van der Waals surface area contributed by atoms with Gasteiger partial charge in [0.1, 0.15) is 5.82 Å². The molecule has 1 amide bonds. The number of carbonyl (C=O) groups is 1. The quantitative estimate of drug-likeness (QED) is 0.692. The highest BCUT2D eigenvalue weighted by Gasteiger charge is 2.23. The van der Waals surface area contributed by atoms with Crippen molar-refractivity contribution >= 4 is 33.2 Å². The van der Waals surface area contributed by atoms with Gasteiger partial charge in [-0.25, -0.2) is 12.8 Å². The summed E-state index contributed by atoms with van der Waals surface area (Å²) in [5.41, 5.74) is 0.381. The van der Waals surface area contributed by atoms with E-state index in [9.17, 15) is 17.6 Å². The number of likely N-dealkylation sites (tertiary alicyclic amines) is 1. The van der Waals surface area contributed by atoms with Crippen LogP contribution in [0, 0.1) is 5.82 Å². The Morgan fingerprint density at radius 2 is 1.97 bits per heavy atom. The molecule has 1 unspecified atom stereocenters. The van der Waals surface area contributed by atoms with Crippen LogP contribution in [0.5, 0.6) is 0 Å². The van der Waals surface area contributed by atoms with Crippen LogP contribution in [0.4, 0.5) is 10.1 Å². The maximum atomic E-state index is 13.1. The van der Waals surface area contributed by atoms with E-state index in [0.29, 0.717) is 18.2 Å². The SMILES string of the molecule is CCN1CCCC1CNC(=O)c1ccc(Cl)c(NS(=O)(=O)c2ccc(F)cc2)c1. The predicted octanol–water partition coefficient (Wildman–Crippen LogP) is 3.49. The Labute approximate surface area is 175 Å². The van der Waals surface area contributed by atoms with Crippen LogP contribution in [-0.4, -0.2) is 44.9 Å². The molecular formula is C20H23ClFN3O3S. The molecule has 1 heterocycles. The van der Waals surface area contributed by atoms with E-state index in [2.05, 4.69) is 21.9 Å². The molecule has 1 fully saturated rings. The topological polar surface area (TPSA) is 78.5 Å². The fourth-order valence-corrected chi connectivity index (χ4v) is 4.71. The number of sulfonamides is 1. The molecule has 9 heteroatoms. The van der Waals surface area contributed by atoms with Gasteiger partial charge in [0.25, 0.3) is 15.9 Å². The molecule has 6 nitrogen and oxygen atoms in total. The summed E-state index contributed by atoms with van der Waals surface area (Å²) in [6, 6.07) is 9.14. The third kappa shape index (κ3) is 5.26. The van der Waals surface area contributed by atoms with E-state index in [4.69, 9.17) is 11.6 Å². The lowest BCUT2D eigenvalue weighted by Gasteiger charge is -2.23. The molecule has 1 atom stereocenters. The molecule has 29 heavy (non-hydrogen) atoms. The van der Waals surface area contributed by atoms with Crippen LogP contribution in [0.1, 0.15) is 30.1 Å². The molecule has 1 saturated heterocycles. The Bertz CT molecular complexity index is 983. The zero-order valence-electron chi connectivity index (χ0n) is 16.0. The molecule has 0 aliphatic carbocycles. The summed E-state index contributed by atoms with van der Waals surface area (Å²) in [4.78, 5) is 14.8. The van der Waals surface area contributed by atoms with E-state index >= 15 is 0 Å². The fraction of sp³-hybridized carbons (Fsp3) is 0.350. The lowest BCUT2D eigenvalue weighted by atomic mass is 10.1. The average Bonchev–Trinajstić information content (AvgIpc) is 3.15. The van der Waals surface area contributed by atoms with Crippen LogP contribution in [-0.2, 0) is 10.0 Å². The van der Waals surface area contributed by atoms with Gasteiger partial charge in [-0.2, -0.15) is 0 Å². The predicted molar refractivity (Wildman–Crippen MR) is 111 cm³/mol. The first-order valence-electron chi connectivity index (χ1n) is 9.40. The van der Waals surface area contributed by atoms with Crippen molar-refractivity contribution in [3.05, 3.63) is 58.9 Å². The number of nitrogens with zero attached hydrogens (tertiary/aromatic N) is 1. The first kappa shape index (κ1) is 21.5. The summed E-state index contributed by atoms with van der Waals surface area (Å²) >= 11 is 6.11. The van der Waals surface area contributed by atoms with Gasteiger partial charge in [-0.05, 0) is 68.4 Å². The van der Waals surface area contributed by atoms with E-state index in [1.165, 1.54) is 12.1 Å². The molecule has 0 aromatic heterocycles. The molecule has 3 rings (SSSR count). The van der Waals surface area contributed by atoms with Crippen molar-refractivity contribution in [2.75, 3.05) is 24.4 Å². The van der Waals surface area contributed by atoms with E-state index in [1.54, 1.807) is 6.07 Å². The van der Waals surface area contributed by atoms with Crippen molar-refractivity contribution in [3.63, 3.8) is 0 Å². The van der Waals surface area contributed by atoms with Gasteiger partial charge in [-0.3, -0.25) is 14.4 Å². The van der Waals surface area contributed by atoms with Crippen molar-refractivity contribution in [1.29, 1.82) is 0 Å². The van der Waals surface area contributed by atoms with Crippen LogP contribution in [0.2, 0.25) is 5.02 Å². The van der Waals surface area contributed by atoms with Crippen LogP contribution in [0.25, 0.3) is 0 Å². The molecule has 2 aromatic rings. The van der Waals surface area contributed by atoms with Crippen LogP contribution in [0.15, 0.2) is 47.4 Å². The van der Waals surface area contributed by atoms with Crippen molar-refractivity contribution in [1.82, 2.24) is 10.2 Å². The minimum absolute atomic E-state index is 0.0830. The normalized spacial score (nSPS) is 17.3. The standard InChI is InChI=1S/C20H23ClFN3O3S/c1-2-25-11-3-4-16(25)13-23-20(26)14-5-10-18(21)19(12-14)24-29(27,28)17-8-6-15(22)7-9-17/h5-10,12,16,24H,2-4,11,13H2,1H3,(H,23,26). The number of likely N-dealkylation sites (N-methyl/N-ethyl adjacent to an activating group) is 1. The number of rotatable bonds is 7. The summed E-state index contributed by atoms with van der Waals surface area (Å²) in [6.45, 7) is 4.61. The summed E-state index contributed by atoms with van der Waals surface area (Å²) < 4.78 is 40.4. The number of hydrogen-bond acceptors (Lipinski definition) is 4. The third-order valence-electron chi connectivity index (χ3n) is 5.00. The molecule has 0 saturated carbocycles. The molecule has 0 bridgehead atoms. The molecule has 156 valence electrons. The lowest BCUT2D eigenvalue weighted by molar-refractivity contribution is 0.0941. The van der Waals surface area contributed by atoms with Crippen molar-refractivity contribution in [2.45, 2.75) is 30.7 Å². The molecular weight excluding hydrogens is 417 g/mol. The molecule has 2 aromatic carbocycles. The summed E-state index contributed by atoms with van der Waals surface area (Å²) in [7, 11) is -3.97. The van der Waals surface area contributed by atoms with Crippen LogP contribution >= 0.6 is 11.6 Å². The molecule has 1 aliphatic rings. The number of amides is 1. The zero-order valence-corrected chi connectivity index (χ0v) is 17.6. The van der Waals surface area contributed by atoms with Gasteiger partial charge >= 0.3 is 0 Å². The summed E-state index contributed by atoms with van der Waals surface area (Å²) in [6.07, 6.45) is 2.15. The Morgan fingerprint density at radius 1 is 1.24 bits per heavy atom. The van der Waals surface area contributed by atoms with Crippen LogP contribution < -0.4 is 10.0 Å². The second kappa shape index (κ2) is 9.11. The Kier molecular flexibility index (Phi) is 6.77. The number of nitrogens with one attached hydrogen (secondary N) is 2. The monoisotopic (exact) mass is 439 g/mol. The van der Waals surface area contributed by atoms with Gasteiger partial charge in [-0.1, -0.05) is 18.5 Å². The average molecular weight is 440 g/mol. The number of anilines is 1. The van der Waals surface area contributed by atoms with Gasteiger partial charge in [-0.15, -0.1) is 0 Å². The Morgan fingerprint density at radius 3 is 2.66 bits per heavy atom. The first-order valence-corrected chi connectivity index (χ1v) is 11.3. The highest BCUT2D eigenvalue weighted by Crippen LogP contribution is 2.26. The number of hydrogen-bond donors (Lipinski definition) is 2. The largest absolute Gasteiger partial charge is 0.350 e. The van der Waals surface area contributed by atoms with Crippen molar-refractivity contribution in [3.8, 4) is 0 Å². The summed E-state index contributed by atoms with van der Waals surface area (Å²) in [5, 5.41) is 3.06. The lowest BCUT2D eigenvalue weighted by Crippen LogP contribution is -2.40. The second-order valence-corrected chi connectivity index (χ2v) is 8.98. The maximum absolute atomic E-state index is 13.1. The highest BCUT2D eigenvalue weighted by molar-refractivity contribution is 7.92. The van der Waals surface area contributed by atoms with Gasteiger partial charge in [0.05, 0.1) is 15.6 Å². The van der Waals surface area contributed by atoms with E-state index in [-0.39, 0.29) is 21.5 Å². The zero-order chi connectivity index (χ0) is 21.0. The van der Waals surface area contributed by atoms with Crippen molar-refractivity contribution < 1.29 is 17.6 Å². The third-order valence-corrected chi connectivity index (χ3v) is 6.71. The second-order valence-electron chi connectivity index (χ2n) is 6.89. The molecule has 1 aliphatic heterocycles. The van der Waals surface area contributed by atoms with Gasteiger partial charge in [0.15, 0.2) is 0 Å². The number of halogens is 2. The van der Waals surface area contributed by atoms with Gasteiger partial charge < -0.3 is 5.32 Å². The van der Waals surface area contributed by atoms with E-state index in [1.807, 2.05) is 0 Å². The first-order chi connectivity index (χ1) is 13.8. The Hall–Kier alpha value is -2.16. The van der Waals surface area contributed by atoms with Crippen molar-refractivity contribution in [2.24, 2.45) is 0 Å². The van der Waals surface area contributed by atoms with Gasteiger partial charge in [0.2, 0.25) is 0 Å². The minimum atomic E-state index is -3.97. The molecule has 0 radical (unpaired) electrons. The number of benzene rings is 2. The fourth-order valence-electron chi connectivity index (χ4n) is 3.42. The maximum Gasteiger partial charge on any atom is 0.261 e. The van der Waals surface area contributed by atoms with Gasteiger partial charge in [0, 0.05) is 18.2 Å². The molecule has 0 spiro atoms. The summed E-state index contributed by atoms with van der Waals surface area (Å²) in [5.74, 6) is -0.837. The highest BCUT2D eigenvalue weighted by atomic mass is 35.5. The number of carbonyl (C=O) groups excluding carboxylic acids is 1. The van der Waals surface area contributed by atoms with E-state index in [0.717, 1.165) is 50.2 Å². The molecule has 2 N–H and O–H groups in total. The smallest absolute Gasteiger partial charge is 0.261 e.